The SMILES string of the molecule is CCOC(=O)[C@H]1C[C@H](C)CCN1C(=O)C(N)CCCN=C(N)N[N+](=O)[O-].Cl. The number of amides is 1. The lowest BCUT2D eigenvalue weighted by atomic mass is 9.91. The van der Waals surface area contributed by atoms with Gasteiger partial charge in [0.25, 0.3) is 5.96 Å². The topological polar surface area (TPSA) is 166 Å². The molecule has 0 aromatic rings. The van der Waals surface area contributed by atoms with Crippen LogP contribution in [0.5, 0.6) is 0 Å². The molecule has 0 bridgehead atoms. The van der Waals surface area contributed by atoms with E-state index in [-0.39, 0.29) is 37.4 Å². The normalized spacial score (nSPS) is 21.0. The molecule has 156 valence electrons. The fraction of sp³-hybridized carbons (Fsp3) is 0.800. The number of nitrogens with zero attached hydrogens (tertiary/aromatic N) is 3. The van der Waals surface area contributed by atoms with E-state index in [1.54, 1.807) is 12.3 Å². The zero-order valence-electron chi connectivity index (χ0n) is 15.6. The summed E-state index contributed by atoms with van der Waals surface area (Å²) in [6.07, 6.45) is 2.13. The smallest absolute Gasteiger partial charge is 0.328 e. The standard InChI is InChI=1S/C15H28N6O5.ClH/c1-3-26-14(23)12-9-10(2)6-8-20(12)13(22)11(16)5-4-7-18-15(17)19-21(24)25;/h10-12H,3-9,16H2,1-2H3,(H3,17,18,19);1H/t10-,11?,12-;/m1./s1. The monoisotopic (exact) mass is 408 g/mol. The van der Waals surface area contributed by atoms with Crippen molar-refractivity contribution in [2.24, 2.45) is 22.4 Å². The van der Waals surface area contributed by atoms with E-state index in [2.05, 4.69) is 4.99 Å². The third-order valence-electron chi connectivity index (χ3n) is 4.18. The van der Waals surface area contributed by atoms with Crippen molar-refractivity contribution in [1.29, 1.82) is 0 Å². The predicted molar refractivity (Wildman–Crippen MR) is 102 cm³/mol. The number of aliphatic imine (C=N–C) groups is 1. The molecule has 1 fully saturated rings. The van der Waals surface area contributed by atoms with Crippen molar-refractivity contribution in [1.82, 2.24) is 10.3 Å². The summed E-state index contributed by atoms with van der Waals surface area (Å²) in [4.78, 5) is 40.3. The highest BCUT2D eigenvalue weighted by Gasteiger charge is 2.37. The largest absolute Gasteiger partial charge is 0.464 e. The number of carbonyl (C=O) groups excluding carboxylic acids is 2. The van der Waals surface area contributed by atoms with E-state index in [4.69, 9.17) is 16.2 Å². The number of hydrogen-bond donors (Lipinski definition) is 3. The van der Waals surface area contributed by atoms with Gasteiger partial charge in [0.15, 0.2) is 5.03 Å². The lowest BCUT2D eigenvalue weighted by molar-refractivity contribution is -0.525. The van der Waals surface area contributed by atoms with E-state index in [1.165, 1.54) is 4.90 Å². The van der Waals surface area contributed by atoms with Crippen LogP contribution in [-0.2, 0) is 14.3 Å². The third-order valence-corrected chi connectivity index (χ3v) is 4.18. The lowest BCUT2D eigenvalue weighted by Crippen LogP contribution is -2.55. The molecule has 1 heterocycles. The van der Waals surface area contributed by atoms with Crippen LogP contribution in [0.25, 0.3) is 0 Å². The van der Waals surface area contributed by atoms with Crippen molar-refractivity contribution in [2.45, 2.75) is 51.6 Å². The molecule has 0 spiro atoms. The third kappa shape index (κ3) is 8.39. The number of guanidine groups is 1. The molecule has 0 aromatic carbocycles. The van der Waals surface area contributed by atoms with Crippen LogP contribution in [0.3, 0.4) is 0 Å². The van der Waals surface area contributed by atoms with Crippen LogP contribution in [0.2, 0.25) is 0 Å². The van der Waals surface area contributed by atoms with Crippen LogP contribution < -0.4 is 16.9 Å². The Balaban J connectivity index is 0.00000676. The number of piperidine rings is 1. The van der Waals surface area contributed by atoms with Crippen molar-refractivity contribution in [2.75, 3.05) is 19.7 Å². The van der Waals surface area contributed by atoms with Gasteiger partial charge in [-0.3, -0.25) is 4.79 Å². The molecule has 1 aliphatic rings. The number of carbonyl (C=O) groups is 2. The predicted octanol–water partition coefficient (Wildman–Crippen LogP) is -0.198. The van der Waals surface area contributed by atoms with Gasteiger partial charge in [-0.05, 0) is 38.5 Å². The van der Waals surface area contributed by atoms with Gasteiger partial charge < -0.3 is 21.1 Å². The number of esters is 1. The lowest BCUT2D eigenvalue weighted by Gasteiger charge is -2.38. The molecular formula is C15H29ClN6O5. The fourth-order valence-corrected chi connectivity index (χ4v) is 2.84. The maximum atomic E-state index is 12.6. The van der Waals surface area contributed by atoms with Crippen LogP contribution in [0.15, 0.2) is 4.99 Å². The van der Waals surface area contributed by atoms with Gasteiger partial charge in [-0.25, -0.2) is 19.9 Å². The molecule has 11 nitrogen and oxygen atoms in total. The molecule has 1 saturated heterocycles. The van der Waals surface area contributed by atoms with Gasteiger partial charge in [0, 0.05) is 13.1 Å². The van der Waals surface area contributed by atoms with Gasteiger partial charge in [-0.2, -0.15) is 0 Å². The van der Waals surface area contributed by atoms with Gasteiger partial charge in [0.1, 0.15) is 6.04 Å². The van der Waals surface area contributed by atoms with E-state index in [0.29, 0.717) is 31.7 Å². The Kier molecular flexibility index (Phi) is 11.3. The average molecular weight is 409 g/mol. The molecule has 1 rings (SSSR count). The number of hydrazine groups is 1. The Hall–Kier alpha value is -2.14. The second-order valence-electron chi connectivity index (χ2n) is 6.31. The summed E-state index contributed by atoms with van der Waals surface area (Å²) >= 11 is 0. The summed E-state index contributed by atoms with van der Waals surface area (Å²) in [5.41, 5.74) is 13.0. The minimum absolute atomic E-state index is 0. The minimum atomic E-state index is -0.805. The van der Waals surface area contributed by atoms with E-state index in [9.17, 15) is 19.7 Å². The molecule has 0 aromatic heterocycles. The number of halogens is 1. The number of ether oxygens (including phenoxy) is 1. The second-order valence-corrected chi connectivity index (χ2v) is 6.31. The summed E-state index contributed by atoms with van der Waals surface area (Å²) in [5, 5.41) is 9.39. The highest BCUT2D eigenvalue weighted by Crippen LogP contribution is 2.24. The molecule has 0 radical (unpaired) electrons. The Morgan fingerprint density at radius 3 is 2.74 bits per heavy atom. The van der Waals surface area contributed by atoms with Crippen LogP contribution in [0.4, 0.5) is 0 Å². The number of rotatable bonds is 8. The Labute approximate surface area is 164 Å². The first-order valence-corrected chi connectivity index (χ1v) is 8.69. The molecule has 1 unspecified atom stereocenters. The van der Waals surface area contributed by atoms with Crippen LogP contribution in [0, 0.1) is 16.0 Å². The quantitative estimate of drug-likeness (QED) is 0.124. The minimum Gasteiger partial charge on any atom is -0.464 e. The second kappa shape index (κ2) is 12.3. The summed E-state index contributed by atoms with van der Waals surface area (Å²) in [5.74, 6) is -0.670. The Bertz CT molecular complexity index is 547. The number of nitrogens with two attached hydrogens (primary N) is 2. The van der Waals surface area contributed by atoms with Crippen LogP contribution >= 0.6 is 12.4 Å². The fourth-order valence-electron chi connectivity index (χ4n) is 2.84. The zero-order chi connectivity index (χ0) is 19.7. The average Bonchev–Trinajstić information content (AvgIpc) is 2.57. The van der Waals surface area contributed by atoms with Gasteiger partial charge in [0.2, 0.25) is 5.91 Å². The van der Waals surface area contributed by atoms with Crippen LogP contribution in [-0.4, -0.2) is 59.5 Å². The number of nitrogens with one attached hydrogen (secondary N) is 1. The van der Waals surface area contributed by atoms with Gasteiger partial charge in [-0.15, -0.1) is 12.4 Å². The van der Waals surface area contributed by atoms with E-state index in [0.717, 1.165) is 6.42 Å². The maximum absolute atomic E-state index is 12.6. The highest BCUT2D eigenvalue weighted by molar-refractivity contribution is 5.87. The summed E-state index contributed by atoms with van der Waals surface area (Å²) < 4.78 is 5.08. The summed E-state index contributed by atoms with van der Waals surface area (Å²) in [6, 6.07) is -1.38. The van der Waals surface area contributed by atoms with Gasteiger partial charge in [-0.1, -0.05) is 12.3 Å². The molecule has 5 N–H and O–H groups in total. The zero-order valence-corrected chi connectivity index (χ0v) is 16.4. The Morgan fingerprint density at radius 1 is 1.48 bits per heavy atom. The number of nitro groups is 1. The first-order valence-electron chi connectivity index (χ1n) is 8.69. The molecule has 1 aliphatic heterocycles. The molecule has 12 heteroatoms. The number of likely N-dealkylation sites (tertiary alicyclic amines) is 1. The Morgan fingerprint density at radius 2 is 2.15 bits per heavy atom. The first-order chi connectivity index (χ1) is 12.3. The van der Waals surface area contributed by atoms with E-state index >= 15 is 0 Å². The first kappa shape index (κ1) is 24.9. The number of hydrogen-bond acceptors (Lipinski definition) is 7. The highest BCUT2D eigenvalue weighted by atomic mass is 35.5. The summed E-state index contributed by atoms with van der Waals surface area (Å²) in [6.45, 7) is 4.69. The van der Waals surface area contributed by atoms with Crippen molar-refractivity contribution in [3.05, 3.63) is 10.1 Å². The van der Waals surface area contributed by atoms with Crippen molar-refractivity contribution < 1.29 is 19.4 Å². The summed E-state index contributed by atoms with van der Waals surface area (Å²) in [7, 11) is 0. The van der Waals surface area contributed by atoms with Crippen LogP contribution in [0.1, 0.15) is 39.5 Å². The molecule has 27 heavy (non-hydrogen) atoms. The molecular weight excluding hydrogens is 380 g/mol. The van der Waals surface area contributed by atoms with E-state index < -0.39 is 23.1 Å². The molecule has 0 aliphatic carbocycles. The maximum Gasteiger partial charge on any atom is 0.328 e. The molecule has 0 saturated carbocycles. The van der Waals surface area contributed by atoms with E-state index in [1.807, 2.05) is 6.92 Å². The molecule has 3 atom stereocenters. The van der Waals surface area contributed by atoms with Crippen molar-refractivity contribution in [3.8, 4) is 0 Å². The van der Waals surface area contributed by atoms with Crippen molar-refractivity contribution in [3.63, 3.8) is 0 Å². The van der Waals surface area contributed by atoms with Gasteiger partial charge in [0.05, 0.1) is 12.6 Å². The van der Waals surface area contributed by atoms with Crippen molar-refractivity contribution >= 4 is 30.2 Å². The molecule has 1 amide bonds. The van der Waals surface area contributed by atoms with Gasteiger partial charge >= 0.3 is 5.97 Å².